The second-order valence-electron chi connectivity index (χ2n) is 8.15. The van der Waals surface area contributed by atoms with Crippen molar-refractivity contribution in [1.82, 2.24) is 9.29 Å². The van der Waals surface area contributed by atoms with Crippen molar-refractivity contribution in [2.75, 3.05) is 18.0 Å². The minimum atomic E-state index is -3.55. The van der Waals surface area contributed by atoms with E-state index in [0.717, 1.165) is 16.9 Å². The number of amides is 1. The molecule has 2 aromatic carbocycles. The van der Waals surface area contributed by atoms with Crippen LogP contribution in [0.5, 0.6) is 0 Å². The predicted octanol–water partition coefficient (Wildman–Crippen LogP) is 4.98. The van der Waals surface area contributed by atoms with Crippen LogP contribution in [0, 0.1) is 5.92 Å². The summed E-state index contributed by atoms with van der Waals surface area (Å²) in [5.41, 5.74) is 2.34. The van der Waals surface area contributed by atoms with E-state index in [1.165, 1.54) is 9.71 Å². The molecule has 0 saturated carbocycles. The van der Waals surface area contributed by atoms with Crippen molar-refractivity contribution in [3.8, 4) is 0 Å². The molecule has 1 aliphatic rings. The summed E-state index contributed by atoms with van der Waals surface area (Å²) >= 11 is 6.04. The lowest BCUT2D eigenvalue weighted by Gasteiger charge is -2.33. The molecule has 34 heavy (non-hydrogen) atoms. The highest BCUT2D eigenvalue weighted by atomic mass is 35.5. The number of carbonyl (C=O) groups is 1. The van der Waals surface area contributed by atoms with E-state index in [0.29, 0.717) is 37.5 Å². The van der Waals surface area contributed by atoms with Crippen molar-refractivity contribution in [2.45, 2.75) is 19.4 Å². The molecule has 1 amide bonds. The smallest absolute Gasteiger partial charge is 0.236 e. The lowest BCUT2D eigenvalue weighted by atomic mass is 9.96. The SMILES string of the molecule is O=C(C1CCN(S(=O)(=O)/C=C/c2ccccc2)CC1)N(Cc1ccccn1)c1ccc(Cl)cc1. The quantitative estimate of drug-likeness (QED) is 0.463. The molecule has 1 aliphatic heterocycles. The molecule has 0 bridgehead atoms. The van der Waals surface area contributed by atoms with Gasteiger partial charge in [0.1, 0.15) is 0 Å². The van der Waals surface area contributed by atoms with Crippen LogP contribution >= 0.6 is 11.6 Å². The number of nitrogens with zero attached hydrogens (tertiary/aromatic N) is 3. The van der Waals surface area contributed by atoms with Gasteiger partial charge in [-0.1, -0.05) is 48.0 Å². The number of piperidine rings is 1. The number of aromatic nitrogens is 1. The second kappa shape index (κ2) is 11.0. The van der Waals surface area contributed by atoms with Crippen molar-refractivity contribution in [3.63, 3.8) is 0 Å². The van der Waals surface area contributed by atoms with E-state index in [1.807, 2.05) is 60.7 Å². The average molecular weight is 496 g/mol. The Balaban J connectivity index is 1.45. The molecule has 0 aliphatic carbocycles. The average Bonchev–Trinajstić information content (AvgIpc) is 2.88. The van der Waals surface area contributed by atoms with Gasteiger partial charge in [0, 0.05) is 41.3 Å². The van der Waals surface area contributed by atoms with E-state index in [-0.39, 0.29) is 11.8 Å². The molecule has 0 N–H and O–H groups in total. The van der Waals surface area contributed by atoms with Crippen LogP contribution in [0.1, 0.15) is 24.1 Å². The number of pyridine rings is 1. The third kappa shape index (κ3) is 6.11. The molecular formula is C26H26ClN3O3S. The minimum absolute atomic E-state index is 0.0372. The summed E-state index contributed by atoms with van der Waals surface area (Å²) in [6.07, 6.45) is 4.22. The molecular weight excluding hydrogens is 470 g/mol. The normalized spacial score (nSPS) is 15.4. The Kier molecular flexibility index (Phi) is 7.77. The first-order chi connectivity index (χ1) is 16.4. The van der Waals surface area contributed by atoms with Crippen LogP contribution in [0.2, 0.25) is 5.02 Å². The highest BCUT2D eigenvalue weighted by molar-refractivity contribution is 7.92. The van der Waals surface area contributed by atoms with Crippen LogP contribution in [0.4, 0.5) is 5.69 Å². The number of rotatable bonds is 7. The second-order valence-corrected chi connectivity index (χ2v) is 10.4. The van der Waals surface area contributed by atoms with Gasteiger partial charge in [-0.05, 0) is 60.9 Å². The molecule has 3 aromatic rings. The number of carbonyl (C=O) groups excluding carboxylic acids is 1. The largest absolute Gasteiger partial charge is 0.306 e. The van der Waals surface area contributed by atoms with Gasteiger partial charge in [0.15, 0.2) is 0 Å². The Bertz CT molecular complexity index is 1230. The number of hydrogen-bond donors (Lipinski definition) is 0. The van der Waals surface area contributed by atoms with Gasteiger partial charge in [0.25, 0.3) is 0 Å². The van der Waals surface area contributed by atoms with Gasteiger partial charge in [-0.25, -0.2) is 8.42 Å². The fourth-order valence-electron chi connectivity index (χ4n) is 3.96. The molecule has 1 saturated heterocycles. The van der Waals surface area contributed by atoms with Gasteiger partial charge in [-0.15, -0.1) is 0 Å². The summed E-state index contributed by atoms with van der Waals surface area (Å²) in [7, 11) is -3.55. The number of sulfonamides is 1. The number of benzene rings is 2. The Hall–Kier alpha value is -3.00. The molecule has 1 aromatic heterocycles. The lowest BCUT2D eigenvalue weighted by molar-refractivity contribution is -0.123. The summed E-state index contributed by atoms with van der Waals surface area (Å²) in [4.78, 5) is 19.6. The van der Waals surface area contributed by atoms with Crippen LogP contribution in [0.25, 0.3) is 6.08 Å². The zero-order chi connectivity index (χ0) is 24.0. The first-order valence-corrected chi connectivity index (χ1v) is 13.0. The molecule has 0 spiro atoms. The monoisotopic (exact) mass is 495 g/mol. The lowest BCUT2D eigenvalue weighted by Crippen LogP contribution is -2.44. The first-order valence-electron chi connectivity index (χ1n) is 11.1. The molecule has 0 radical (unpaired) electrons. The van der Waals surface area contributed by atoms with Crippen LogP contribution in [-0.2, 0) is 21.4 Å². The maximum atomic E-state index is 13.5. The van der Waals surface area contributed by atoms with Gasteiger partial charge in [0.2, 0.25) is 15.9 Å². The minimum Gasteiger partial charge on any atom is -0.306 e. The third-order valence-corrected chi connectivity index (χ3v) is 7.66. The van der Waals surface area contributed by atoms with Gasteiger partial charge < -0.3 is 4.90 Å². The van der Waals surface area contributed by atoms with Crippen LogP contribution in [0.3, 0.4) is 0 Å². The summed E-state index contributed by atoms with van der Waals surface area (Å²) in [5, 5.41) is 1.84. The molecule has 0 unspecified atom stereocenters. The maximum absolute atomic E-state index is 13.5. The Morgan fingerprint density at radius 1 is 1.00 bits per heavy atom. The van der Waals surface area contributed by atoms with Gasteiger partial charge in [-0.3, -0.25) is 9.78 Å². The standard InChI is InChI=1S/C26H26ClN3O3S/c27-23-9-11-25(12-10-23)30(20-24-8-4-5-16-28-24)26(31)22-13-17-29(18-14-22)34(32,33)19-15-21-6-2-1-3-7-21/h1-12,15-16,19,22H,13-14,17-18,20H2/b19-15+. The topological polar surface area (TPSA) is 70.6 Å². The van der Waals surface area contributed by atoms with E-state index in [4.69, 9.17) is 11.6 Å². The van der Waals surface area contributed by atoms with Gasteiger partial charge >= 0.3 is 0 Å². The van der Waals surface area contributed by atoms with E-state index in [2.05, 4.69) is 4.98 Å². The summed E-state index contributed by atoms with van der Waals surface area (Å²) in [6.45, 7) is 0.936. The van der Waals surface area contributed by atoms with E-state index in [9.17, 15) is 13.2 Å². The van der Waals surface area contributed by atoms with Crippen molar-refractivity contribution >= 4 is 39.3 Å². The fraction of sp³-hybridized carbons (Fsp3) is 0.231. The molecule has 6 nitrogen and oxygen atoms in total. The molecule has 1 fully saturated rings. The van der Waals surface area contributed by atoms with Gasteiger partial charge in [0.05, 0.1) is 12.2 Å². The van der Waals surface area contributed by atoms with Crippen molar-refractivity contribution < 1.29 is 13.2 Å². The molecule has 8 heteroatoms. The van der Waals surface area contributed by atoms with E-state index < -0.39 is 10.0 Å². The van der Waals surface area contributed by atoms with Crippen LogP contribution in [0.15, 0.2) is 84.4 Å². The Labute approximate surface area is 205 Å². The predicted molar refractivity (Wildman–Crippen MR) is 136 cm³/mol. The zero-order valence-corrected chi connectivity index (χ0v) is 20.2. The van der Waals surface area contributed by atoms with Crippen LogP contribution < -0.4 is 4.90 Å². The maximum Gasteiger partial charge on any atom is 0.236 e. The van der Waals surface area contributed by atoms with Crippen LogP contribution in [-0.4, -0.2) is 36.7 Å². The number of halogens is 1. The van der Waals surface area contributed by atoms with E-state index in [1.54, 1.807) is 29.3 Å². The highest BCUT2D eigenvalue weighted by Gasteiger charge is 2.33. The van der Waals surface area contributed by atoms with Gasteiger partial charge in [-0.2, -0.15) is 4.31 Å². The molecule has 4 rings (SSSR count). The highest BCUT2D eigenvalue weighted by Crippen LogP contribution is 2.27. The Morgan fingerprint density at radius 3 is 2.32 bits per heavy atom. The van der Waals surface area contributed by atoms with Crippen molar-refractivity contribution in [2.24, 2.45) is 5.92 Å². The van der Waals surface area contributed by atoms with Crippen molar-refractivity contribution in [3.05, 3.63) is 101 Å². The molecule has 2 heterocycles. The summed E-state index contributed by atoms with van der Waals surface area (Å²) in [5.74, 6) is -0.311. The first kappa shape index (κ1) is 24.1. The number of anilines is 1. The summed E-state index contributed by atoms with van der Waals surface area (Å²) in [6, 6.07) is 22.1. The third-order valence-electron chi connectivity index (χ3n) is 5.85. The summed E-state index contributed by atoms with van der Waals surface area (Å²) < 4.78 is 27.0. The molecule has 0 atom stereocenters. The number of hydrogen-bond acceptors (Lipinski definition) is 4. The zero-order valence-electron chi connectivity index (χ0n) is 18.6. The fourth-order valence-corrected chi connectivity index (χ4v) is 5.31. The van der Waals surface area contributed by atoms with E-state index >= 15 is 0 Å². The van der Waals surface area contributed by atoms with Crippen molar-refractivity contribution in [1.29, 1.82) is 0 Å². The Morgan fingerprint density at radius 2 is 1.68 bits per heavy atom. The molecule has 176 valence electrons.